The minimum absolute atomic E-state index is 0.00901. The van der Waals surface area contributed by atoms with Gasteiger partial charge in [-0.25, -0.2) is 0 Å². The van der Waals surface area contributed by atoms with E-state index >= 15 is 0 Å². The van der Waals surface area contributed by atoms with Crippen LogP contribution in [-0.2, 0) is 21.4 Å². The monoisotopic (exact) mass is 451 g/mol. The van der Waals surface area contributed by atoms with Crippen molar-refractivity contribution in [1.29, 1.82) is 0 Å². The first kappa shape index (κ1) is 24.7. The average molecular weight is 452 g/mol. The van der Waals surface area contributed by atoms with Crippen LogP contribution in [0.15, 0.2) is 36.4 Å². The number of nitrogens with zero attached hydrogens (tertiary/aromatic N) is 3. The summed E-state index contributed by atoms with van der Waals surface area (Å²) in [7, 11) is 0. The number of hydrogen-bond donors (Lipinski definition) is 1. The van der Waals surface area contributed by atoms with Crippen molar-refractivity contribution in [3.63, 3.8) is 0 Å². The molecule has 0 fully saturated rings. The Morgan fingerprint density at radius 2 is 1.76 bits per heavy atom. The topological polar surface area (TPSA) is 77.2 Å². The predicted octanol–water partition coefficient (Wildman–Crippen LogP) is 6.26. The molecule has 1 aromatic heterocycles. The molecule has 0 saturated carbocycles. The van der Waals surface area contributed by atoms with Gasteiger partial charge in [-0.3, -0.25) is 4.79 Å². The largest absolute Gasteiger partial charge is 0.505 e. The lowest BCUT2D eigenvalue weighted by Gasteiger charge is -2.23. The van der Waals surface area contributed by atoms with E-state index in [9.17, 15) is 9.90 Å². The third-order valence-electron chi connectivity index (χ3n) is 5.96. The van der Waals surface area contributed by atoms with E-state index in [1.165, 1.54) is 4.80 Å². The number of rotatable bonds is 10. The van der Waals surface area contributed by atoms with Gasteiger partial charge in [0.25, 0.3) is 0 Å². The normalized spacial score (nSPS) is 12.8. The summed E-state index contributed by atoms with van der Waals surface area (Å²) in [5.41, 5.74) is 3.51. The summed E-state index contributed by atoms with van der Waals surface area (Å²) in [5, 5.41) is 20.2. The number of phenolic OH excluding ortho intramolecular Hbond substituents is 1. The number of aromatic nitrogens is 3. The van der Waals surface area contributed by atoms with Gasteiger partial charge in [-0.2, -0.15) is 0 Å². The van der Waals surface area contributed by atoms with E-state index in [-0.39, 0.29) is 23.2 Å². The highest BCUT2D eigenvalue weighted by Gasteiger charge is 2.23. The molecular formula is C27H37N3O3. The van der Waals surface area contributed by atoms with Crippen molar-refractivity contribution in [2.24, 2.45) is 0 Å². The second-order valence-corrected chi connectivity index (χ2v) is 9.76. The molecule has 3 aromatic rings. The standard InChI is InChI=1S/C27H37N3O3/c1-6-8-9-12-20(7-2)33-25(31)16-15-19-17-21(27(3,4)5)26(32)24(18-19)30-28-22-13-10-11-14-23(22)29-30/h10-11,13-14,17-18,20,32H,6-9,12,15-16H2,1-5H3. The van der Waals surface area contributed by atoms with Gasteiger partial charge in [-0.05, 0) is 54.9 Å². The molecule has 33 heavy (non-hydrogen) atoms. The Balaban J connectivity index is 1.82. The molecule has 0 aliphatic heterocycles. The van der Waals surface area contributed by atoms with E-state index in [4.69, 9.17) is 4.74 Å². The summed E-state index contributed by atoms with van der Waals surface area (Å²) in [6.45, 7) is 10.4. The van der Waals surface area contributed by atoms with Gasteiger partial charge in [0.1, 0.15) is 28.6 Å². The maximum atomic E-state index is 12.5. The van der Waals surface area contributed by atoms with Gasteiger partial charge in [0.2, 0.25) is 0 Å². The van der Waals surface area contributed by atoms with Gasteiger partial charge < -0.3 is 9.84 Å². The van der Waals surface area contributed by atoms with Crippen molar-refractivity contribution in [1.82, 2.24) is 15.0 Å². The second kappa shape index (κ2) is 10.8. The van der Waals surface area contributed by atoms with Crippen molar-refractivity contribution in [2.45, 2.75) is 91.1 Å². The number of hydrogen-bond acceptors (Lipinski definition) is 5. The Bertz CT molecular complexity index is 1050. The number of aromatic hydroxyl groups is 1. The van der Waals surface area contributed by atoms with E-state index < -0.39 is 0 Å². The lowest BCUT2D eigenvalue weighted by molar-refractivity contribution is -0.149. The molecule has 1 atom stereocenters. The van der Waals surface area contributed by atoms with Crippen LogP contribution in [-0.4, -0.2) is 32.2 Å². The molecule has 2 aromatic carbocycles. The molecule has 1 unspecified atom stereocenters. The fraction of sp³-hybridized carbons (Fsp3) is 0.519. The van der Waals surface area contributed by atoms with Gasteiger partial charge in [-0.15, -0.1) is 15.0 Å². The maximum absolute atomic E-state index is 12.5. The number of carbonyl (C=O) groups is 1. The minimum Gasteiger partial charge on any atom is -0.505 e. The number of esters is 1. The fourth-order valence-corrected chi connectivity index (χ4v) is 3.97. The highest BCUT2D eigenvalue weighted by atomic mass is 16.5. The fourth-order valence-electron chi connectivity index (χ4n) is 3.97. The van der Waals surface area contributed by atoms with E-state index in [0.717, 1.165) is 54.3 Å². The lowest BCUT2D eigenvalue weighted by Crippen LogP contribution is -2.18. The van der Waals surface area contributed by atoms with Gasteiger partial charge in [0.05, 0.1) is 0 Å². The highest BCUT2D eigenvalue weighted by molar-refractivity contribution is 5.74. The second-order valence-electron chi connectivity index (χ2n) is 9.76. The predicted molar refractivity (Wildman–Crippen MR) is 132 cm³/mol. The summed E-state index contributed by atoms with van der Waals surface area (Å²) in [6, 6.07) is 11.5. The van der Waals surface area contributed by atoms with Crippen LogP contribution in [0.3, 0.4) is 0 Å². The molecule has 0 aliphatic carbocycles. The zero-order chi connectivity index (χ0) is 24.0. The Labute approximate surface area is 197 Å². The molecule has 6 heteroatoms. The average Bonchev–Trinajstić information content (AvgIpc) is 3.21. The molecule has 0 bridgehead atoms. The number of aryl methyl sites for hydroxylation is 1. The molecule has 0 radical (unpaired) electrons. The Hall–Kier alpha value is -2.89. The summed E-state index contributed by atoms with van der Waals surface area (Å²) in [4.78, 5) is 14.0. The molecule has 0 saturated heterocycles. The maximum Gasteiger partial charge on any atom is 0.306 e. The van der Waals surface area contributed by atoms with Crippen LogP contribution in [0.4, 0.5) is 0 Å². The zero-order valence-corrected chi connectivity index (χ0v) is 20.6. The third kappa shape index (κ3) is 6.34. The Morgan fingerprint density at radius 1 is 1.09 bits per heavy atom. The van der Waals surface area contributed by atoms with Gasteiger partial charge in [-0.1, -0.05) is 65.7 Å². The molecule has 178 valence electrons. The van der Waals surface area contributed by atoms with Crippen molar-refractivity contribution in [3.05, 3.63) is 47.5 Å². The zero-order valence-electron chi connectivity index (χ0n) is 20.6. The minimum atomic E-state index is -0.283. The summed E-state index contributed by atoms with van der Waals surface area (Å²) in [6.07, 6.45) is 5.99. The quantitative estimate of drug-likeness (QED) is 0.291. The molecule has 0 aliphatic rings. The van der Waals surface area contributed by atoms with Gasteiger partial charge in [0, 0.05) is 12.0 Å². The van der Waals surface area contributed by atoms with Gasteiger partial charge >= 0.3 is 5.97 Å². The number of carbonyl (C=O) groups excluding carboxylic acids is 1. The molecule has 6 nitrogen and oxygen atoms in total. The van der Waals surface area contributed by atoms with E-state index in [1.807, 2.05) is 36.4 Å². The Morgan fingerprint density at radius 3 is 2.33 bits per heavy atom. The number of unbranched alkanes of at least 4 members (excludes halogenated alkanes) is 2. The van der Waals surface area contributed by atoms with E-state index in [1.54, 1.807) is 0 Å². The van der Waals surface area contributed by atoms with Gasteiger partial charge in [0.15, 0.2) is 0 Å². The third-order valence-corrected chi connectivity index (χ3v) is 5.96. The molecular weight excluding hydrogens is 414 g/mol. The van der Waals surface area contributed by atoms with Crippen LogP contribution in [0.25, 0.3) is 16.7 Å². The summed E-state index contributed by atoms with van der Waals surface area (Å²) < 4.78 is 5.73. The smallest absolute Gasteiger partial charge is 0.306 e. The molecule has 1 heterocycles. The molecule has 1 N–H and O–H groups in total. The Kier molecular flexibility index (Phi) is 8.11. The van der Waals surface area contributed by atoms with Crippen LogP contribution < -0.4 is 0 Å². The first-order chi connectivity index (χ1) is 15.7. The molecule has 0 spiro atoms. The SMILES string of the molecule is CCCCCC(CC)OC(=O)CCc1cc(-n2nc3ccccc3n2)c(O)c(C(C)(C)C)c1. The number of fused-ring (bicyclic) bond motifs is 1. The molecule has 3 rings (SSSR count). The van der Waals surface area contributed by atoms with Crippen LogP contribution in [0.2, 0.25) is 0 Å². The first-order valence-electron chi connectivity index (χ1n) is 12.1. The van der Waals surface area contributed by atoms with Crippen LogP contribution in [0.1, 0.15) is 84.3 Å². The van der Waals surface area contributed by atoms with Crippen LogP contribution >= 0.6 is 0 Å². The highest BCUT2D eigenvalue weighted by Crippen LogP contribution is 2.36. The van der Waals surface area contributed by atoms with E-state index in [0.29, 0.717) is 18.5 Å². The summed E-state index contributed by atoms with van der Waals surface area (Å²) in [5.74, 6) is -0.00987. The number of phenols is 1. The van der Waals surface area contributed by atoms with Crippen LogP contribution in [0, 0.1) is 0 Å². The first-order valence-corrected chi connectivity index (χ1v) is 12.1. The van der Waals surface area contributed by atoms with Crippen LogP contribution in [0.5, 0.6) is 5.75 Å². The van der Waals surface area contributed by atoms with E-state index in [2.05, 4.69) is 44.8 Å². The summed E-state index contributed by atoms with van der Waals surface area (Å²) >= 11 is 0. The lowest BCUT2D eigenvalue weighted by atomic mass is 9.84. The number of benzene rings is 2. The molecule has 0 amide bonds. The van der Waals surface area contributed by atoms with Crippen molar-refractivity contribution in [3.8, 4) is 11.4 Å². The van der Waals surface area contributed by atoms with Crippen molar-refractivity contribution in [2.75, 3.05) is 0 Å². The van der Waals surface area contributed by atoms with Crippen molar-refractivity contribution >= 4 is 17.0 Å². The number of ether oxygens (including phenoxy) is 1. The van der Waals surface area contributed by atoms with Crippen molar-refractivity contribution < 1.29 is 14.6 Å².